The molecule has 0 unspecified atom stereocenters. The van der Waals surface area contributed by atoms with Gasteiger partial charge in [-0.05, 0) is 17.5 Å². The van der Waals surface area contributed by atoms with Crippen molar-refractivity contribution in [2.24, 2.45) is 7.05 Å². The van der Waals surface area contributed by atoms with Crippen molar-refractivity contribution in [1.82, 2.24) is 4.57 Å². The van der Waals surface area contributed by atoms with Crippen LogP contribution < -0.4 is 15.0 Å². The van der Waals surface area contributed by atoms with E-state index >= 15 is 0 Å². The van der Waals surface area contributed by atoms with E-state index < -0.39 is 0 Å². The summed E-state index contributed by atoms with van der Waals surface area (Å²) in [5, 5.41) is 1.79. The fourth-order valence-electron chi connectivity index (χ4n) is 1.65. The Balaban J connectivity index is 2.78. The molecule has 0 amide bonds. The van der Waals surface area contributed by atoms with E-state index in [0.717, 1.165) is 10.8 Å². The van der Waals surface area contributed by atoms with E-state index in [1.165, 1.54) is 4.57 Å². The number of pyridine rings is 1. The van der Waals surface area contributed by atoms with Crippen LogP contribution in [0.2, 0.25) is 0 Å². The molecule has 2 aromatic rings. The van der Waals surface area contributed by atoms with Crippen molar-refractivity contribution in [3.63, 3.8) is 0 Å². The molecule has 0 aliphatic rings. The van der Waals surface area contributed by atoms with E-state index in [1.54, 1.807) is 39.6 Å². The molecule has 1 heterocycles. The normalized spacial score (nSPS) is 10.4. The number of aryl methyl sites for hydroxylation is 1. The van der Waals surface area contributed by atoms with Gasteiger partial charge in [0.25, 0.3) is 5.56 Å². The van der Waals surface area contributed by atoms with Gasteiger partial charge in [0.05, 0.1) is 14.2 Å². The smallest absolute Gasteiger partial charge is 0.250 e. The van der Waals surface area contributed by atoms with Gasteiger partial charge in [0.2, 0.25) is 0 Å². The Labute approximate surface area is 93.0 Å². The zero-order valence-electron chi connectivity index (χ0n) is 9.48. The lowest BCUT2D eigenvalue weighted by molar-refractivity contribution is 0.356. The minimum Gasteiger partial charge on any atom is -0.493 e. The highest BCUT2D eigenvalue weighted by molar-refractivity contribution is 5.85. The minimum atomic E-state index is -0.0419. The second-order valence-electron chi connectivity index (χ2n) is 3.56. The fourth-order valence-corrected chi connectivity index (χ4v) is 1.65. The first-order chi connectivity index (χ1) is 7.65. The maximum absolute atomic E-state index is 11.5. The third-order valence-corrected chi connectivity index (χ3v) is 2.55. The second-order valence-corrected chi connectivity index (χ2v) is 3.56. The third kappa shape index (κ3) is 1.62. The van der Waals surface area contributed by atoms with Crippen molar-refractivity contribution >= 4 is 10.8 Å². The largest absolute Gasteiger partial charge is 0.493 e. The molecule has 0 aliphatic heterocycles. The molecule has 16 heavy (non-hydrogen) atoms. The lowest BCUT2D eigenvalue weighted by Gasteiger charge is -2.09. The summed E-state index contributed by atoms with van der Waals surface area (Å²) in [7, 11) is 4.88. The van der Waals surface area contributed by atoms with E-state index in [4.69, 9.17) is 9.47 Å². The number of nitrogens with zero attached hydrogens (tertiary/aromatic N) is 1. The van der Waals surface area contributed by atoms with Crippen LogP contribution in [0.15, 0.2) is 29.2 Å². The van der Waals surface area contributed by atoms with Gasteiger partial charge in [-0.2, -0.15) is 0 Å². The van der Waals surface area contributed by atoms with Gasteiger partial charge in [-0.25, -0.2) is 0 Å². The maximum Gasteiger partial charge on any atom is 0.250 e. The van der Waals surface area contributed by atoms with Gasteiger partial charge >= 0.3 is 0 Å². The molecule has 0 radical (unpaired) electrons. The third-order valence-electron chi connectivity index (χ3n) is 2.55. The lowest BCUT2D eigenvalue weighted by Crippen LogP contribution is -2.13. The van der Waals surface area contributed by atoms with Crippen molar-refractivity contribution in [2.45, 2.75) is 0 Å². The van der Waals surface area contributed by atoms with Gasteiger partial charge in [0.15, 0.2) is 11.5 Å². The molecule has 0 atom stereocenters. The van der Waals surface area contributed by atoms with E-state index in [9.17, 15) is 4.79 Å². The van der Waals surface area contributed by atoms with Gasteiger partial charge in [0, 0.05) is 24.7 Å². The lowest BCUT2D eigenvalue weighted by atomic mass is 10.1. The van der Waals surface area contributed by atoms with E-state index in [0.29, 0.717) is 11.5 Å². The average Bonchev–Trinajstić information content (AvgIpc) is 2.29. The van der Waals surface area contributed by atoms with Crippen molar-refractivity contribution in [3.05, 3.63) is 34.7 Å². The number of hydrogen-bond donors (Lipinski definition) is 0. The number of ether oxygens (including phenoxy) is 2. The highest BCUT2D eigenvalue weighted by Crippen LogP contribution is 2.31. The van der Waals surface area contributed by atoms with Crippen LogP contribution >= 0.6 is 0 Å². The molecule has 0 N–H and O–H groups in total. The summed E-state index contributed by atoms with van der Waals surface area (Å²) in [5.41, 5.74) is -0.0419. The summed E-state index contributed by atoms with van der Waals surface area (Å²) in [6.45, 7) is 0. The molecule has 0 fully saturated rings. The zero-order valence-corrected chi connectivity index (χ0v) is 9.48. The van der Waals surface area contributed by atoms with Crippen LogP contribution in [0, 0.1) is 0 Å². The molecule has 0 saturated heterocycles. The topological polar surface area (TPSA) is 40.5 Å². The number of benzene rings is 1. The van der Waals surface area contributed by atoms with Crippen molar-refractivity contribution in [1.29, 1.82) is 0 Å². The maximum atomic E-state index is 11.5. The second kappa shape index (κ2) is 3.89. The van der Waals surface area contributed by atoms with Gasteiger partial charge in [-0.1, -0.05) is 0 Å². The molecule has 2 rings (SSSR count). The predicted molar refractivity (Wildman–Crippen MR) is 62.3 cm³/mol. The number of rotatable bonds is 2. The quantitative estimate of drug-likeness (QED) is 0.769. The SMILES string of the molecule is COc1cc2cc(=O)n(C)cc2cc1OC. The average molecular weight is 219 g/mol. The Morgan fingerprint density at radius 2 is 1.56 bits per heavy atom. The van der Waals surface area contributed by atoms with Crippen LogP contribution in [0.1, 0.15) is 0 Å². The summed E-state index contributed by atoms with van der Waals surface area (Å²) < 4.78 is 11.9. The minimum absolute atomic E-state index is 0.0419. The highest BCUT2D eigenvalue weighted by Gasteiger charge is 2.06. The number of fused-ring (bicyclic) bond motifs is 1. The zero-order chi connectivity index (χ0) is 11.7. The summed E-state index contributed by atoms with van der Waals surface area (Å²) in [4.78, 5) is 11.5. The summed E-state index contributed by atoms with van der Waals surface area (Å²) in [6, 6.07) is 5.24. The molecule has 0 spiro atoms. The molecule has 0 bridgehead atoms. The number of aromatic nitrogens is 1. The molecule has 0 aliphatic carbocycles. The highest BCUT2D eigenvalue weighted by atomic mass is 16.5. The van der Waals surface area contributed by atoms with Crippen LogP contribution in [0.5, 0.6) is 11.5 Å². The molecular formula is C12H13NO3. The van der Waals surface area contributed by atoms with E-state index in [2.05, 4.69) is 0 Å². The molecule has 4 heteroatoms. The molecule has 1 aromatic carbocycles. The first kappa shape index (κ1) is 10.5. The van der Waals surface area contributed by atoms with Crippen LogP contribution in [0.3, 0.4) is 0 Å². The molecular weight excluding hydrogens is 206 g/mol. The van der Waals surface area contributed by atoms with Crippen LogP contribution in [0.25, 0.3) is 10.8 Å². The van der Waals surface area contributed by atoms with Gasteiger partial charge in [-0.3, -0.25) is 4.79 Å². The van der Waals surface area contributed by atoms with Gasteiger partial charge in [0.1, 0.15) is 0 Å². The Kier molecular flexibility index (Phi) is 2.56. The molecule has 84 valence electrons. The molecule has 4 nitrogen and oxygen atoms in total. The van der Waals surface area contributed by atoms with Crippen molar-refractivity contribution < 1.29 is 9.47 Å². The van der Waals surface area contributed by atoms with E-state index in [1.807, 2.05) is 6.07 Å². The number of methoxy groups -OCH3 is 2. The molecule has 1 aromatic heterocycles. The summed E-state index contributed by atoms with van der Waals surface area (Å²) in [5.74, 6) is 1.29. The first-order valence-corrected chi connectivity index (χ1v) is 4.88. The van der Waals surface area contributed by atoms with Gasteiger partial charge in [-0.15, -0.1) is 0 Å². The van der Waals surface area contributed by atoms with Crippen LogP contribution in [0.4, 0.5) is 0 Å². The fraction of sp³-hybridized carbons (Fsp3) is 0.250. The van der Waals surface area contributed by atoms with E-state index in [-0.39, 0.29) is 5.56 Å². The van der Waals surface area contributed by atoms with Gasteiger partial charge < -0.3 is 14.0 Å². The van der Waals surface area contributed by atoms with Crippen molar-refractivity contribution in [3.8, 4) is 11.5 Å². The standard InChI is InChI=1S/C12H13NO3/c1-13-7-9-5-11(16-3)10(15-2)4-8(9)6-12(13)14/h4-7H,1-3H3. The Morgan fingerprint density at radius 1 is 1.00 bits per heavy atom. The van der Waals surface area contributed by atoms with Crippen LogP contribution in [-0.4, -0.2) is 18.8 Å². The first-order valence-electron chi connectivity index (χ1n) is 4.88. The Bertz CT molecular complexity index is 587. The van der Waals surface area contributed by atoms with Crippen LogP contribution in [-0.2, 0) is 7.05 Å². The number of hydrogen-bond acceptors (Lipinski definition) is 3. The summed E-state index contributed by atoms with van der Waals surface area (Å²) in [6.07, 6.45) is 1.78. The Morgan fingerprint density at radius 3 is 2.12 bits per heavy atom. The molecule has 0 saturated carbocycles. The predicted octanol–water partition coefficient (Wildman–Crippen LogP) is 1.56. The Hall–Kier alpha value is -1.97. The summed E-state index contributed by atoms with van der Waals surface area (Å²) >= 11 is 0. The van der Waals surface area contributed by atoms with Crippen molar-refractivity contribution in [2.75, 3.05) is 14.2 Å². The monoisotopic (exact) mass is 219 g/mol.